The molecule has 17 heteroatoms. The maximum Gasteiger partial charge on any atom is 0.408 e. The van der Waals surface area contributed by atoms with E-state index in [9.17, 15) is 32.4 Å². The molecule has 1 aliphatic heterocycles. The molecule has 3 aliphatic rings. The van der Waals surface area contributed by atoms with Crippen LogP contribution in [-0.2, 0) is 33.9 Å². The molecule has 0 bridgehead atoms. The maximum absolute atomic E-state index is 14.8. The van der Waals surface area contributed by atoms with Gasteiger partial charge in [0.1, 0.15) is 40.8 Å². The van der Waals surface area contributed by atoms with E-state index in [1.54, 1.807) is 59.1 Å². The molecule has 3 fully saturated rings. The number of aromatic nitrogens is 1. The number of hydrogen-bond donors (Lipinski definition) is 3. The number of ether oxygens (including phenoxy) is 3. The summed E-state index contributed by atoms with van der Waals surface area (Å²) in [7, 11) is -2.42. The fraction of sp³-hybridized carbons (Fsp3) is 0.442. The molecule has 5 unspecified atom stereocenters. The van der Waals surface area contributed by atoms with Gasteiger partial charge in [0.15, 0.2) is 0 Å². The van der Waals surface area contributed by atoms with E-state index in [1.165, 1.54) is 15.9 Å². The summed E-state index contributed by atoms with van der Waals surface area (Å²) < 4.78 is 45.4. The van der Waals surface area contributed by atoms with Crippen LogP contribution in [0.5, 0.6) is 11.5 Å². The summed E-state index contributed by atoms with van der Waals surface area (Å²) in [5.41, 5.74) is -0.595. The minimum atomic E-state index is -3.96. The van der Waals surface area contributed by atoms with E-state index in [-0.39, 0.29) is 32.5 Å². The zero-order chi connectivity index (χ0) is 43.6. The lowest BCUT2D eigenvalue weighted by Gasteiger charge is -2.32. The second-order valence-electron chi connectivity index (χ2n) is 16.2. The highest BCUT2D eigenvalue weighted by Gasteiger charge is 2.62. The van der Waals surface area contributed by atoms with Crippen molar-refractivity contribution in [3.05, 3.63) is 79.9 Å². The highest BCUT2D eigenvalue weighted by molar-refractivity contribution is 7.91. The summed E-state index contributed by atoms with van der Waals surface area (Å²) in [5, 5.41) is 5.32. The number of benzene rings is 2. The van der Waals surface area contributed by atoms with E-state index in [0.29, 0.717) is 40.9 Å². The molecule has 0 spiro atoms. The van der Waals surface area contributed by atoms with Gasteiger partial charge in [-0.25, -0.2) is 18.2 Å². The molecule has 2 heterocycles. The van der Waals surface area contributed by atoms with Crippen molar-refractivity contribution in [1.82, 2.24) is 30.1 Å². The van der Waals surface area contributed by atoms with Crippen molar-refractivity contribution < 1.29 is 46.6 Å². The van der Waals surface area contributed by atoms with E-state index in [4.69, 9.17) is 19.2 Å². The number of fused-ring (bicyclic) bond motifs is 1. The Kier molecular flexibility index (Phi) is 12.6. The third-order valence-electron chi connectivity index (χ3n) is 10.7. The van der Waals surface area contributed by atoms with Crippen molar-refractivity contribution in [1.29, 1.82) is 0 Å². The zero-order valence-electron chi connectivity index (χ0n) is 34.4. The van der Waals surface area contributed by atoms with Crippen molar-refractivity contribution in [3.8, 4) is 22.8 Å². The molecule has 16 nitrogen and oxygen atoms in total. The van der Waals surface area contributed by atoms with Crippen LogP contribution in [0.25, 0.3) is 22.2 Å². The van der Waals surface area contributed by atoms with Crippen LogP contribution >= 0.6 is 0 Å². The van der Waals surface area contributed by atoms with E-state index in [2.05, 4.69) is 28.5 Å². The van der Waals surface area contributed by atoms with Crippen LogP contribution in [0.15, 0.2) is 79.9 Å². The summed E-state index contributed by atoms with van der Waals surface area (Å²) in [6.45, 7) is 13.7. The molecule has 3 aromatic rings. The molecular formula is C43H52N6O10S. The van der Waals surface area contributed by atoms with Gasteiger partial charge < -0.3 is 34.6 Å². The van der Waals surface area contributed by atoms with Crippen molar-refractivity contribution in [2.45, 2.75) is 88.0 Å². The smallest absolute Gasteiger partial charge is 0.408 e. The van der Waals surface area contributed by atoms with Gasteiger partial charge in [-0.2, -0.15) is 0 Å². The Balaban J connectivity index is 1.37. The number of pyridine rings is 1. The lowest BCUT2D eigenvalue weighted by Crippen LogP contribution is -2.60. The quantitative estimate of drug-likeness (QED) is 0.140. The van der Waals surface area contributed by atoms with Crippen LogP contribution in [0, 0.1) is 5.92 Å². The number of amides is 5. The molecule has 3 N–H and O–H groups in total. The summed E-state index contributed by atoms with van der Waals surface area (Å²) >= 11 is 0. The van der Waals surface area contributed by atoms with Gasteiger partial charge in [0.2, 0.25) is 27.7 Å². The second kappa shape index (κ2) is 17.3. The van der Waals surface area contributed by atoms with Crippen molar-refractivity contribution >= 4 is 50.6 Å². The van der Waals surface area contributed by atoms with E-state index >= 15 is 0 Å². The Labute approximate surface area is 349 Å². The fourth-order valence-electron chi connectivity index (χ4n) is 7.29. The Bertz CT molecular complexity index is 2290. The number of nitrogens with one attached hydrogen (secondary N) is 3. The Morgan fingerprint density at radius 2 is 1.78 bits per heavy atom. The van der Waals surface area contributed by atoms with Gasteiger partial charge in [0, 0.05) is 42.0 Å². The van der Waals surface area contributed by atoms with E-state index in [0.717, 1.165) is 11.6 Å². The van der Waals surface area contributed by atoms with Crippen LogP contribution in [-0.4, -0.2) is 114 Å². The minimum Gasteiger partial charge on any atom is -0.497 e. The number of methoxy groups -OCH3 is 1. The van der Waals surface area contributed by atoms with Crippen molar-refractivity contribution in [2.24, 2.45) is 5.92 Å². The van der Waals surface area contributed by atoms with Crippen LogP contribution < -0.4 is 24.8 Å². The predicted octanol–water partition coefficient (Wildman–Crippen LogP) is 3.86. The Hall–Kier alpha value is -5.97. The van der Waals surface area contributed by atoms with Gasteiger partial charge >= 0.3 is 6.09 Å². The number of nitrogens with zero attached hydrogens (tertiary/aromatic N) is 3. The van der Waals surface area contributed by atoms with Gasteiger partial charge in [-0.3, -0.25) is 23.9 Å². The van der Waals surface area contributed by atoms with Gasteiger partial charge in [0.25, 0.3) is 5.91 Å². The molecular weight excluding hydrogens is 793 g/mol. The molecule has 0 radical (unpaired) electrons. The minimum absolute atomic E-state index is 0.0721. The first kappa shape index (κ1) is 43.6. The first-order valence-electron chi connectivity index (χ1n) is 19.8. The molecule has 60 heavy (non-hydrogen) atoms. The van der Waals surface area contributed by atoms with Crippen molar-refractivity contribution in [3.63, 3.8) is 0 Å². The average Bonchev–Trinajstić information content (AvgIpc) is 4.15. The normalized spacial score (nSPS) is 21.6. The van der Waals surface area contributed by atoms with E-state index < -0.39 is 80.2 Å². The first-order valence-corrected chi connectivity index (χ1v) is 21.4. The number of likely N-dealkylation sites (N-methyl/N-ethyl adjacent to an activating group) is 1. The molecule has 2 aromatic carbocycles. The number of carbonyl (C=O) groups is 5. The monoisotopic (exact) mass is 844 g/mol. The van der Waals surface area contributed by atoms with Crippen molar-refractivity contribution in [2.75, 3.05) is 26.7 Å². The topological polar surface area (TPSA) is 203 Å². The predicted molar refractivity (Wildman–Crippen MR) is 223 cm³/mol. The van der Waals surface area contributed by atoms with Gasteiger partial charge in [-0.1, -0.05) is 43.0 Å². The standard InChI is InChI=1S/C43H52N6O10S/c1-8-27-23-43(27,40(53)47-60(55,56)30-17-18-30)46-38(51)35-21-29(24-49(35)39(52)34(25-48(10-3)37(50)9-2)45-41(54)59-42(4,5)6)58-36-22-32(26-14-12-11-13-15-26)44-33-20-28(57-7)16-19-31(33)36/h8-9,11-16,19-20,22,27,29-30,34-35H,1-2,10,17-18,21,23-25H2,3-7H3,(H,45,54)(H,46,51)(H,47,53). The van der Waals surface area contributed by atoms with Gasteiger partial charge in [-0.15, -0.1) is 6.58 Å². The molecule has 6 rings (SSSR count). The van der Waals surface area contributed by atoms with Crippen LogP contribution in [0.3, 0.4) is 0 Å². The second-order valence-corrected chi connectivity index (χ2v) is 18.2. The Morgan fingerprint density at radius 3 is 2.38 bits per heavy atom. The number of rotatable bonds is 16. The molecule has 2 saturated carbocycles. The molecule has 2 aliphatic carbocycles. The summed E-state index contributed by atoms with van der Waals surface area (Å²) in [4.78, 5) is 76.4. The molecule has 5 atom stereocenters. The zero-order valence-corrected chi connectivity index (χ0v) is 35.3. The number of sulfonamides is 1. The van der Waals surface area contributed by atoms with Crippen LogP contribution in [0.2, 0.25) is 0 Å². The molecule has 320 valence electrons. The third-order valence-corrected chi connectivity index (χ3v) is 12.5. The summed E-state index contributed by atoms with van der Waals surface area (Å²) in [6.07, 6.45) is 1.67. The number of hydrogen-bond acceptors (Lipinski definition) is 11. The SMILES string of the molecule is C=CC(=O)N(CC)CC(NC(=O)OC(C)(C)C)C(=O)N1CC(Oc2cc(-c3ccccc3)nc3cc(OC)ccc23)CC1C(=O)NC1(C(=O)NS(=O)(=O)C2CC2)CC1C=C. The van der Waals surface area contributed by atoms with Gasteiger partial charge in [-0.05, 0) is 65.2 Å². The third kappa shape index (κ3) is 9.73. The number of alkyl carbamates (subject to hydrolysis) is 1. The summed E-state index contributed by atoms with van der Waals surface area (Å²) in [5.74, 6) is -2.48. The van der Waals surface area contributed by atoms with Crippen LogP contribution in [0.1, 0.15) is 53.4 Å². The molecule has 1 aromatic heterocycles. The molecule has 1 saturated heterocycles. The maximum atomic E-state index is 14.8. The highest BCUT2D eigenvalue weighted by atomic mass is 32.2. The largest absolute Gasteiger partial charge is 0.497 e. The Morgan fingerprint density at radius 1 is 1.07 bits per heavy atom. The lowest BCUT2D eigenvalue weighted by atomic mass is 10.1. The summed E-state index contributed by atoms with van der Waals surface area (Å²) in [6, 6.07) is 13.9. The highest BCUT2D eigenvalue weighted by Crippen LogP contribution is 2.45. The average molecular weight is 845 g/mol. The first-order chi connectivity index (χ1) is 28.4. The fourth-order valence-corrected chi connectivity index (χ4v) is 8.65. The lowest BCUT2D eigenvalue weighted by molar-refractivity contribution is -0.142. The van der Waals surface area contributed by atoms with Gasteiger partial charge in [0.05, 0.1) is 36.7 Å². The molecule has 5 amide bonds. The van der Waals surface area contributed by atoms with Crippen LogP contribution in [0.4, 0.5) is 4.79 Å². The number of carbonyl (C=O) groups excluding carboxylic acids is 5. The van der Waals surface area contributed by atoms with E-state index in [1.807, 2.05) is 30.3 Å². The number of likely N-dealkylation sites (tertiary alicyclic amines) is 1.